The Morgan fingerprint density at radius 1 is 1.14 bits per heavy atom. The molecule has 3 nitrogen and oxygen atoms in total. The van der Waals surface area contributed by atoms with E-state index in [9.17, 15) is 4.79 Å². The Morgan fingerprint density at radius 3 is 2.33 bits per heavy atom. The highest BCUT2D eigenvalue weighted by molar-refractivity contribution is 5.72. The van der Waals surface area contributed by atoms with E-state index in [0.717, 1.165) is 18.5 Å². The van der Waals surface area contributed by atoms with Crippen LogP contribution in [0.2, 0.25) is 0 Å². The van der Waals surface area contributed by atoms with Crippen molar-refractivity contribution in [2.45, 2.75) is 46.8 Å². The van der Waals surface area contributed by atoms with Gasteiger partial charge in [0, 0.05) is 12.6 Å². The molecule has 0 aromatic heterocycles. The van der Waals surface area contributed by atoms with Crippen LogP contribution in [-0.2, 0) is 16.1 Å². The third-order valence-electron chi connectivity index (χ3n) is 3.75. The summed E-state index contributed by atoms with van der Waals surface area (Å²) in [6.45, 7) is 9.69. The number of nitrogens with zero attached hydrogens (tertiary/aromatic N) is 1. The summed E-state index contributed by atoms with van der Waals surface area (Å²) in [5, 5.41) is 0. The van der Waals surface area contributed by atoms with Gasteiger partial charge in [-0.25, -0.2) is 0 Å². The van der Waals surface area contributed by atoms with Crippen LogP contribution in [0.25, 0.3) is 0 Å². The second-order valence-electron chi connectivity index (χ2n) is 6.41. The molecule has 2 unspecified atom stereocenters. The Hall–Kier alpha value is -1.35. The van der Waals surface area contributed by atoms with E-state index < -0.39 is 0 Å². The van der Waals surface area contributed by atoms with E-state index in [-0.39, 0.29) is 11.9 Å². The molecule has 0 fully saturated rings. The standard InChI is InChI=1S/C18H29NO2/c1-14(2)11-16(4)19(5)12-15(3)18(20)21-13-17-9-7-6-8-10-17/h6-10,14-16H,11-13H2,1-5H3. The summed E-state index contributed by atoms with van der Waals surface area (Å²) >= 11 is 0. The van der Waals surface area contributed by atoms with Crippen LogP contribution in [-0.4, -0.2) is 30.5 Å². The Morgan fingerprint density at radius 2 is 1.76 bits per heavy atom. The van der Waals surface area contributed by atoms with Gasteiger partial charge in [-0.3, -0.25) is 4.79 Å². The molecule has 0 aliphatic carbocycles. The Kier molecular flexibility index (Phi) is 7.44. The van der Waals surface area contributed by atoms with Crippen molar-refractivity contribution in [2.24, 2.45) is 11.8 Å². The molecule has 0 aliphatic rings. The van der Waals surface area contributed by atoms with Gasteiger partial charge in [0.2, 0.25) is 0 Å². The predicted octanol–water partition coefficient (Wildman–Crippen LogP) is 3.73. The summed E-state index contributed by atoms with van der Waals surface area (Å²) in [6, 6.07) is 10.3. The highest BCUT2D eigenvalue weighted by Crippen LogP contribution is 2.12. The smallest absolute Gasteiger partial charge is 0.310 e. The average molecular weight is 291 g/mol. The topological polar surface area (TPSA) is 29.5 Å². The third-order valence-corrected chi connectivity index (χ3v) is 3.75. The first-order chi connectivity index (χ1) is 9.90. The van der Waals surface area contributed by atoms with Crippen molar-refractivity contribution >= 4 is 5.97 Å². The zero-order chi connectivity index (χ0) is 15.8. The van der Waals surface area contributed by atoms with Crippen molar-refractivity contribution in [1.29, 1.82) is 0 Å². The largest absolute Gasteiger partial charge is 0.461 e. The monoisotopic (exact) mass is 291 g/mol. The number of rotatable bonds is 8. The van der Waals surface area contributed by atoms with Gasteiger partial charge in [-0.05, 0) is 31.9 Å². The van der Waals surface area contributed by atoms with Crippen LogP contribution < -0.4 is 0 Å². The molecular formula is C18H29NO2. The summed E-state index contributed by atoms with van der Waals surface area (Å²) in [6.07, 6.45) is 1.14. The minimum atomic E-state index is -0.123. The zero-order valence-electron chi connectivity index (χ0n) is 14.0. The minimum Gasteiger partial charge on any atom is -0.461 e. The lowest BCUT2D eigenvalue weighted by Gasteiger charge is -2.28. The van der Waals surface area contributed by atoms with Gasteiger partial charge >= 0.3 is 5.97 Å². The molecule has 118 valence electrons. The molecule has 0 bridgehead atoms. The summed E-state index contributed by atoms with van der Waals surface area (Å²) in [5.41, 5.74) is 1.03. The lowest BCUT2D eigenvalue weighted by atomic mass is 10.0. The second-order valence-corrected chi connectivity index (χ2v) is 6.41. The SMILES string of the molecule is CC(C)CC(C)N(C)CC(C)C(=O)OCc1ccccc1. The van der Waals surface area contributed by atoms with Crippen molar-refractivity contribution in [3.8, 4) is 0 Å². The van der Waals surface area contributed by atoms with Crippen molar-refractivity contribution in [3.63, 3.8) is 0 Å². The summed E-state index contributed by atoms with van der Waals surface area (Å²) < 4.78 is 5.39. The fourth-order valence-corrected chi connectivity index (χ4v) is 2.42. The molecule has 2 atom stereocenters. The van der Waals surface area contributed by atoms with E-state index in [4.69, 9.17) is 4.74 Å². The van der Waals surface area contributed by atoms with Gasteiger partial charge in [0.05, 0.1) is 5.92 Å². The molecule has 1 aromatic rings. The molecule has 0 aliphatic heterocycles. The first-order valence-electron chi connectivity index (χ1n) is 7.81. The number of ether oxygens (including phenoxy) is 1. The van der Waals surface area contributed by atoms with Gasteiger partial charge in [-0.1, -0.05) is 51.1 Å². The molecule has 3 heteroatoms. The van der Waals surface area contributed by atoms with Gasteiger partial charge in [0.1, 0.15) is 6.61 Å². The van der Waals surface area contributed by atoms with Crippen molar-refractivity contribution in [3.05, 3.63) is 35.9 Å². The van der Waals surface area contributed by atoms with Crippen molar-refractivity contribution < 1.29 is 9.53 Å². The normalized spacial score (nSPS) is 14.2. The second kappa shape index (κ2) is 8.83. The van der Waals surface area contributed by atoms with Crippen LogP contribution in [0.15, 0.2) is 30.3 Å². The molecule has 0 saturated carbocycles. The average Bonchev–Trinajstić information content (AvgIpc) is 2.44. The fourth-order valence-electron chi connectivity index (χ4n) is 2.42. The lowest BCUT2D eigenvalue weighted by molar-refractivity contribution is -0.150. The van der Waals surface area contributed by atoms with Gasteiger partial charge in [0.25, 0.3) is 0 Å². The molecular weight excluding hydrogens is 262 g/mol. The molecule has 0 saturated heterocycles. The van der Waals surface area contributed by atoms with Gasteiger partial charge in [-0.2, -0.15) is 0 Å². The van der Waals surface area contributed by atoms with Gasteiger partial charge < -0.3 is 9.64 Å². The molecule has 1 aromatic carbocycles. The van der Waals surface area contributed by atoms with Crippen molar-refractivity contribution in [1.82, 2.24) is 4.90 Å². The van der Waals surface area contributed by atoms with E-state index in [1.807, 2.05) is 37.3 Å². The van der Waals surface area contributed by atoms with Crippen LogP contribution in [0.1, 0.15) is 39.7 Å². The number of esters is 1. The first kappa shape index (κ1) is 17.7. The maximum atomic E-state index is 12.0. The first-order valence-corrected chi connectivity index (χ1v) is 7.81. The maximum absolute atomic E-state index is 12.0. The van der Waals surface area contributed by atoms with E-state index >= 15 is 0 Å². The quantitative estimate of drug-likeness (QED) is 0.683. The molecule has 0 radical (unpaired) electrons. The van der Waals surface area contributed by atoms with Crippen LogP contribution in [0.4, 0.5) is 0 Å². The van der Waals surface area contributed by atoms with E-state index in [0.29, 0.717) is 18.6 Å². The van der Waals surface area contributed by atoms with E-state index in [2.05, 4.69) is 32.7 Å². The highest BCUT2D eigenvalue weighted by atomic mass is 16.5. The number of carbonyl (C=O) groups excluding carboxylic acids is 1. The van der Waals surface area contributed by atoms with Crippen LogP contribution in [0.5, 0.6) is 0 Å². The molecule has 21 heavy (non-hydrogen) atoms. The highest BCUT2D eigenvalue weighted by Gasteiger charge is 2.19. The van der Waals surface area contributed by atoms with Crippen LogP contribution >= 0.6 is 0 Å². The number of hydrogen-bond acceptors (Lipinski definition) is 3. The van der Waals surface area contributed by atoms with Crippen LogP contribution in [0, 0.1) is 11.8 Å². The zero-order valence-corrected chi connectivity index (χ0v) is 14.0. The molecule has 1 rings (SSSR count). The Bertz CT molecular complexity index is 416. The summed E-state index contributed by atoms with van der Waals surface area (Å²) in [7, 11) is 2.08. The summed E-state index contributed by atoms with van der Waals surface area (Å²) in [5.74, 6) is 0.443. The molecule has 0 amide bonds. The third kappa shape index (κ3) is 6.76. The maximum Gasteiger partial charge on any atom is 0.310 e. The summed E-state index contributed by atoms with van der Waals surface area (Å²) in [4.78, 5) is 14.3. The Balaban J connectivity index is 2.36. The van der Waals surface area contributed by atoms with E-state index in [1.165, 1.54) is 0 Å². The Labute approximate surface area is 129 Å². The van der Waals surface area contributed by atoms with Gasteiger partial charge in [-0.15, -0.1) is 0 Å². The number of carbonyl (C=O) groups is 1. The van der Waals surface area contributed by atoms with E-state index in [1.54, 1.807) is 0 Å². The predicted molar refractivity (Wildman–Crippen MR) is 86.9 cm³/mol. The minimum absolute atomic E-state index is 0.103. The molecule has 0 N–H and O–H groups in total. The lowest BCUT2D eigenvalue weighted by Crippen LogP contribution is -2.36. The molecule has 0 heterocycles. The number of hydrogen-bond donors (Lipinski definition) is 0. The van der Waals surface area contributed by atoms with Crippen molar-refractivity contribution in [2.75, 3.05) is 13.6 Å². The fraction of sp³-hybridized carbons (Fsp3) is 0.611. The molecule has 0 spiro atoms. The van der Waals surface area contributed by atoms with Crippen LogP contribution in [0.3, 0.4) is 0 Å². The van der Waals surface area contributed by atoms with Gasteiger partial charge in [0.15, 0.2) is 0 Å². The number of benzene rings is 1.